The van der Waals surface area contributed by atoms with Crippen LogP contribution in [-0.4, -0.2) is 5.78 Å². The van der Waals surface area contributed by atoms with Gasteiger partial charge in [-0.05, 0) is 35.7 Å². The van der Waals surface area contributed by atoms with Crippen molar-refractivity contribution in [1.29, 1.82) is 0 Å². The van der Waals surface area contributed by atoms with Crippen molar-refractivity contribution in [3.05, 3.63) is 57.8 Å². The molecule has 2 aromatic carbocycles. The van der Waals surface area contributed by atoms with Crippen molar-refractivity contribution in [2.24, 2.45) is 0 Å². The van der Waals surface area contributed by atoms with E-state index in [1.165, 1.54) is 6.07 Å². The molecule has 0 heterocycles. The van der Waals surface area contributed by atoms with E-state index in [-0.39, 0.29) is 11.6 Å². The first kappa shape index (κ1) is 11.6. The third-order valence-electron chi connectivity index (χ3n) is 3.30. The van der Waals surface area contributed by atoms with E-state index in [0.29, 0.717) is 18.4 Å². The van der Waals surface area contributed by atoms with Gasteiger partial charge in [0.15, 0.2) is 5.78 Å². The normalized spacial score (nSPS) is 13.8. The van der Waals surface area contributed by atoms with Crippen LogP contribution in [0.3, 0.4) is 0 Å². The van der Waals surface area contributed by atoms with Crippen LogP contribution < -0.4 is 0 Å². The number of benzene rings is 2. The molecule has 0 bridgehead atoms. The summed E-state index contributed by atoms with van der Waals surface area (Å²) >= 11 is 3.35. The van der Waals surface area contributed by atoms with Crippen molar-refractivity contribution in [2.45, 2.75) is 12.8 Å². The molecular formula is C15H10BrFO. The molecule has 18 heavy (non-hydrogen) atoms. The van der Waals surface area contributed by atoms with Crippen LogP contribution in [0.15, 0.2) is 40.9 Å². The fraction of sp³-hybridized carbons (Fsp3) is 0.133. The smallest absolute Gasteiger partial charge is 0.163 e. The Morgan fingerprint density at radius 2 is 1.78 bits per heavy atom. The Kier molecular flexibility index (Phi) is 2.78. The molecule has 2 aromatic rings. The second-order valence-electron chi connectivity index (χ2n) is 4.38. The van der Waals surface area contributed by atoms with Crippen LogP contribution in [0.1, 0.15) is 22.3 Å². The Bertz CT molecular complexity index is 649. The Balaban J connectivity index is 2.25. The van der Waals surface area contributed by atoms with E-state index < -0.39 is 0 Å². The summed E-state index contributed by atoms with van der Waals surface area (Å²) < 4.78 is 14.7. The number of halogens is 2. The van der Waals surface area contributed by atoms with Crippen LogP contribution in [0.4, 0.5) is 4.39 Å². The van der Waals surface area contributed by atoms with Gasteiger partial charge in [-0.15, -0.1) is 0 Å². The van der Waals surface area contributed by atoms with E-state index >= 15 is 0 Å². The number of ketones is 1. The number of hydrogen-bond donors (Lipinski definition) is 0. The summed E-state index contributed by atoms with van der Waals surface area (Å²) in [5.41, 5.74) is 3.10. The van der Waals surface area contributed by atoms with Crippen molar-refractivity contribution < 1.29 is 9.18 Å². The van der Waals surface area contributed by atoms with Gasteiger partial charge in [0.05, 0.1) is 0 Å². The molecule has 0 aliphatic heterocycles. The van der Waals surface area contributed by atoms with Crippen molar-refractivity contribution in [3.8, 4) is 11.1 Å². The number of fused-ring (bicyclic) bond motifs is 1. The second-order valence-corrected chi connectivity index (χ2v) is 5.29. The average molecular weight is 305 g/mol. The molecule has 0 spiro atoms. The highest BCUT2D eigenvalue weighted by atomic mass is 79.9. The van der Waals surface area contributed by atoms with Crippen molar-refractivity contribution in [1.82, 2.24) is 0 Å². The van der Waals surface area contributed by atoms with Gasteiger partial charge in [0.1, 0.15) is 5.82 Å². The van der Waals surface area contributed by atoms with E-state index in [4.69, 9.17) is 0 Å². The highest BCUT2D eigenvalue weighted by molar-refractivity contribution is 9.10. The second kappa shape index (κ2) is 4.32. The van der Waals surface area contributed by atoms with Crippen LogP contribution in [0.2, 0.25) is 0 Å². The van der Waals surface area contributed by atoms with Gasteiger partial charge in [0, 0.05) is 22.0 Å². The Morgan fingerprint density at radius 1 is 1.00 bits per heavy atom. The molecule has 0 fully saturated rings. The van der Waals surface area contributed by atoms with Crippen LogP contribution in [0.25, 0.3) is 11.1 Å². The first-order valence-electron chi connectivity index (χ1n) is 5.77. The lowest BCUT2D eigenvalue weighted by atomic mass is 9.96. The van der Waals surface area contributed by atoms with Gasteiger partial charge in [0.25, 0.3) is 0 Å². The van der Waals surface area contributed by atoms with Gasteiger partial charge in [-0.1, -0.05) is 34.1 Å². The van der Waals surface area contributed by atoms with E-state index in [1.54, 1.807) is 12.1 Å². The number of rotatable bonds is 1. The zero-order valence-electron chi connectivity index (χ0n) is 9.54. The van der Waals surface area contributed by atoms with Crippen LogP contribution in [0, 0.1) is 5.82 Å². The molecule has 0 saturated heterocycles. The van der Waals surface area contributed by atoms with Gasteiger partial charge in [0.2, 0.25) is 0 Å². The summed E-state index contributed by atoms with van der Waals surface area (Å²) in [6.45, 7) is 0. The molecular weight excluding hydrogens is 295 g/mol. The Labute approximate surface area is 113 Å². The average Bonchev–Trinajstić information content (AvgIpc) is 2.75. The summed E-state index contributed by atoms with van der Waals surface area (Å²) in [6, 6.07) is 10.4. The van der Waals surface area contributed by atoms with Crippen LogP contribution in [-0.2, 0) is 6.42 Å². The molecule has 90 valence electrons. The topological polar surface area (TPSA) is 17.1 Å². The molecule has 0 N–H and O–H groups in total. The molecule has 0 unspecified atom stereocenters. The summed E-state index contributed by atoms with van der Waals surface area (Å²) in [5, 5.41) is 0. The van der Waals surface area contributed by atoms with Gasteiger partial charge in [-0.25, -0.2) is 4.39 Å². The quantitative estimate of drug-likeness (QED) is 0.764. The minimum absolute atomic E-state index is 0.155. The van der Waals surface area contributed by atoms with Gasteiger partial charge < -0.3 is 0 Å². The first-order chi connectivity index (χ1) is 8.66. The molecule has 0 aromatic heterocycles. The third-order valence-corrected chi connectivity index (χ3v) is 3.79. The Morgan fingerprint density at radius 3 is 2.61 bits per heavy atom. The zero-order chi connectivity index (χ0) is 12.7. The maximum Gasteiger partial charge on any atom is 0.163 e. The lowest BCUT2D eigenvalue weighted by Gasteiger charge is -2.09. The molecule has 0 atom stereocenters. The van der Waals surface area contributed by atoms with Gasteiger partial charge >= 0.3 is 0 Å². The van der Waals surface area contributed by atoms with Crippen molar-refractivity contribution >= 4 is 21.7 Å². The monoisotopic (exact) mass is 304 g/mol. The minimum Gasteiger partial charge on any atom is -0.294 e. The van der Waals surface area contributed by atoms with Crippen LogP contribution >= 0.6 is 15.9 Å². The van der Waals surface area contributed by atoms with Crippen LogP contribution in [0.5, 0.6) is 0 Å². The first-order valence-corrected chi connectivity index (χ1v) is 6.56. The predicted molar refractivity (Wildman–Crippen MR) is 72.2 cm³/mol. The van der Waals surface area contributed by atoms with Crippen molar-refractivity contribution in [2.75, 3.05) is 0 Å². The number of Topliss-reactive ketones (excluding diaryl/α,β-unsaturated/α-hetero) is 1. The number of carbonyl (C=O) groups excluding carboxylic acids is 1. The van der Waals surface area contributed by atoms with E-state index in [2.05, 4.69) is 15.9 Å². The maximum atomic E-state index is 13.9. The number of carbonyl (C=O) groups is 1. The molecule has 1 aliphatic carbocycles. The molecule has 3 rings (SSSR count). The lowest BCUT2D eigenvalue weighted by Crippen LogP contribution is -1.93. The fourth-order valence-corrected chi connectivity index (χ4v) is 2.81. The summed E-state index contributed by atoms with van der Waals surface area (Å²) in [7, 11) is 0. The highest BCUT2D eigenvalue weighted by Gasteiger charge is 2.23. The maximum absolute atomic E-state index is 13.9. The van der Waals surface area contributed by atoms with Crippen molar-refractivity contribution in [3.63, 3.8) is 0 Å². The van der Waals surface area contributed by atoms with E-state index in [0.717, 1.165) is 21.2 Å². The predicted octanol–water partition coefficient (Wildman–Crippen LogP) is 4.38. The summed E-state index contributed by atoms with van der Waals surface area (Å²) in [4.78, 5) is 11.7. The molecule has 0 amide bonds. The highest BCUT2D eigenvalue weighted by Crippen LogP contribution is 2.34. The fourth-order valence-electron chi connectivity index (χ4n) is 2.45. The number of hydrogen-bond acceptors (Lipinski definition) is 1. The summed E-state index contributed by atoms with van der Waals surface area (Å²) in [6.07, 6.45) is 1.23. The largest absolute Gasteiger partial charge is 0.294 e. The Hall–Kier alpha value is -1.48. The van der Waals surface area contributed by atoms with Gasteiger partial charge in [-0.2, -0.15) is 0 Å². The van der Waals surface area contributed by atoms with E-state index in [1.807, 2.05) is 18.2 Å². The SMILES string of the molecule is O=C1CCc2c1cccc2-c1cc(Br)ccc1F. The third kappa shape index (κ3) is 1.79. The summed E-state index contributed by atoms with van der Waals surface area (Å²) in [5.74, 6) is -0.104. The zero-order valence-corrected chi connectivity index (χ0v) is 11.1. The van der Waals surface area contributed by atoms with E-state index in [9.17, 15) is 9.18 Å². The molecule has 1 aliphatic rings. The molecule has 0 saturated carbocycles. The standard InChI is InChI=1S/C15H10BrFO/c16-9-4-6-14(17)13(8-9)10-2-1-3-12-11(10)5-7-15(12)18/h1-4,6,8H,5,7H2. The minimum atomic E-state index is -0.258. The lowest BCUT2D eigenvalue weighted by molar-refractivity contribution is 0.0994. The molecule has 3 heteroatoms. The van der Waals surface area contributed by atoms with Gasteiger partial charge in [-0.3, -0.25) is 4.79 Å². The molecule has 0 radical (unpaired) electrons. The molecule has 1 nitrogen and oxygen atoms in total.